The summed E-state index contributed by atoms with van der Waals surface area (Å²) < 4.78 is 6.76. The molecule has 0 atom stereocenters. The van der Waals surface area contributed by atoms with Crippen molar-refractivity contribution in [3.05, 3.63) is 241 Å². The summed E-state index contributed by atoms with van der Waals surface area (Å²) in [4.78, 5) is 10.2. The first kappa shape index (κ1) is 34.7. The second kappa shape index (κ2) is 13.4. The Hall–Kier alpha value is -8.14. The zero-order chi connectivity index (χ0) is 40.8. The maximum atomic E-state index is 6.76. The Morgan fingerprint density at radius 3 is 1.47 bits per heavy atom. The molecule has 0 N–H and O–H groups in total. The zero-order valence-corrected chi connectivity index (χ0v) is 33.6. The van der Waals surface area contributed by atoms with E-state index in [-0.39, 0.29) is 0 Å². The van der Waals surface area contributed by atoms with Crippen molar-refractivity contribution in [1.82, 2.24) is 9.97 Å². The Kier molecular flexibility index (Phi) is 7.52. The minimum atomic E-state index is -0.472. The number of aromatic nitrogens is 2. The fraction of sp³-hybridized carbons (Fsp3) is 0.0169. The maximum Gasteiger partial charge on any atom is 0.160 e. The van der Waals surface area contributed by atoms with E-state index < -0.39 is 5.41 Å². The minimum absolute atomic E-state index is 0.472. The second-order valence-electron chi connectivity index (χ2n) is 16.4. The molecule has 2 aliphatic rings. The lowest BCUT2D eigenvalue weighted by atomic mass is 9.70. The second-order valence-corrected chi connectivity index (χ2v) is 16.4. The Bertz CT molecular complexity index is 3460. The van der Waals surface area contributed by atoms with Gasteiger partial charge < -0.3 is 4.42 Å². The van der Waals surface area contributed by atoms with Gasteiger partial charge in [-0.1, -0.05) is 194 Å². The molecule has 3 heteroatoms. The van der Waals surface area contributed by atoms with E-state index in [1.807, 2.05) is 30.3 Å². The van der Waals surface area contributed by atoms with Gasteiger partial charge in [-0.2, -0.15) is 0 Å². The van der Waals surface area contributed by atoms with Gasteiger partial charge in [0.05, 0.1) is 16.8 Å². The van der Waals surface area contributed by atoms with E-state index in [2.05, 4.69) is 188 Å². The van der Waals surface area contributed by atoms with Crippen LogP contribution in [-0.4, -0.2) is 9.97 Å². The standard InChI is InChI=1S/C59H36N2O/c1-3-16-38(17-4-1)54-36-55(61-58(60-54)40-18-5-2-6-19-40)39-32-30-37(31-33-39)47-35-53-49(34-48(47)46-25-15-24-45-44-23-10-14-29-56(44)62-57(45)46)43-22-9-13-28-52(43)59(53)50-26-11-7-20-41(50)42-21-8-12-27-51(42)59/h1-36H. The molecule has 2 heterocycles. The van der Waals surface area contributed by atoms with E-state index in [0.717, 1.165) is 72.3 Å². The molecule has 0 aliphatic heterocycles. The van der Waals surface area contributed by atoms with Gasteiger partial charge in [0.15, 0.2) is 5.82 Å². The molecule has 0 saturated carbocycles. The number of hydrogen-bond acceptors (Lipinski definition) is 3. The normalized spacial score (nSPS) is 13.0. The lowest BCUT2D eigenvalue weighted by molar-refractivity contribution is 0.670. The van der Waals surface area contributed by atoms with Crippen molar-refractivity contribution in [2.75, 3.05) is 0 Å². The van der Waals surface area contributed by atoms with Gasteiger partial charge in [-0.25, -0.2) is 9.97 Å². The summed E-state index contributed by atoms with van der Waals surface area (Å²) in [5.74, 6) is 0.702. The molecule has 9 aromatic carbocycles. The number of hydrogen-bond donors (Lipinski definition) is 0. The third kappa shape index (κ3) is 5.00. The van der Waals surface area contributed by atoms with Crippen LogP contribution in [0.15, 0.2) is 223 Å². The highest BCUT2D eigenvalue weighted by molar-refractivity contribution is 6.11. The highest BCUT2D eigenvalue weighted by atomic mass is 16.3. The average molecular weight is 789 g/mol. The molecule has 288 valence electrons. The molecule has 11 aromatic rings. The van der Waals surface area contributed by atoms with Crippen molar-refractivity contribution >= 4 is 21.9 Å². The molecule has 0 unspecified atom stereocenters. The Morgan fingerprint density at radius 2 is 0.806 bits per heavy atom. The molecule has 2 aromatic heterocycles. The van der Waals surface area contributed by atoms with Crippen molar-refractivity contribution in [3.8, 4) is 78.4 Å². The van der Waals surface area contributed by atoms with Crippen LogP contribution in [0.4, 0.5) is 0 Å². The average Bonchev–Trinajstić information content (AvgIpc) is 3.98. The Balaban J connectivity index is 1.06. The third-order valence-corrected chi connectivity index (χ3v) is 13.1. The zero-order valence-electron chi connectivity index (χ0n) is 33.6. The first-order valence-corrected chi connectivity index (χ1v) is 21.2. The van der Waals surface area contributed by atoms with Crippen LogP contribution in [0.5, 0.6) is 0 Å². The van der Waals surface area contributed by atoms with Gasteiger partial charge in [-0.15, -0.1) is 0 Å². The van der Waals surface area contributed by atoms with Gasteiger partial charge in [0, 0.05) is 33.0 Å². The maximum absolute atomic E-state index is 6.76. The van der Waals surface area contributed by atoms with E-state index in [4.69, 9.17) is 14.4 Å². The van der Waals surface area contributed by atoms with E-state index in [9.17, 15) is 0 Å². The van der Waals surface area contributed by atoms with E-state index >= 15 is 0 Å². The van der Waals surface area contributed by atoms with Crippen molar-refractivity contribution in [2.45, 2.75) is 5.41 Å². The van der Waals surface area contributed by atoms with Crippen molar-refractivity contribution in [1.29, 1.82) is 0 Å². The van der Waals surface area contributed by atoms with Crippen molar-refractivity contribution in [2.24, 2.45) is 0 Å². The SMILES string of the molecule is c1ccc(-c2cc(-c3ccc(-c4cc5c(cc4-c4cccc6c4oc4ccccc46)-c4ccccc4C54c5ccccc5-c5ccccc54)cc3)nc(-c3ccccc3)n2)cc1. The summed E-state index contributed by atoms with van der Waals surface area (Å²) in [7, 11) is 0. The van der Waals surface area contributed by atoms with Crippen LogP contribution in [0.1, 0.15) is 22.3 Å². The minimum Gasteiger partial charge on any atom is -0.455 e. The summed E-state index contributed by atoms with van der Waals surface area (Å²) in [5.41, 5.74) is 21.0. The van der Waals surface area contributed by atoms with Crippen molar-refractivity contribution < 1.29 is 4.42 Å². The lowest BCUT2D eigenvalue weighted by Crippen LogP contribution is -2.25. The van der Waals surface area contributed by atoms with Crippen LogP contribution in [0, 0.1) is 0 Å². The smallest absolute Gasteiger partial charge is 0.160 e. The highest BCUT2D eigenvalue weighted by Crippen LogP contribution is 2.64. The van der Waals surface area contributed by atoms with E-state index in [0.29, 0.717) is 5.82 Å². The van der Waals surface area contributed by atoms with Crippen molar-refractivity contribution in [3.63, 3.8) is 0 Å². The molecule has 0 saturated heterocycles. The van der Waals surface area contributed by atoms with Crippen LogP contribution < -0.4 is 0 Å². The van der Waals surface area contributed by atoms with Crippen LogP contribution in [0.3, 0.4) is 0 Å². The number of para-hydroxylation sites is 2. The largest absolute Gasteiger partial charge is 0.455 e. The lowest BCUT2D eigenvalue weighted by Gasteiger charge is -2.31. The summed E-state index contributed by atoms with van der Waals surface area (Å²) in [6.45, 7) is 0. The van der Waals surface area contributed by atoms with Crippen LogP contribution in [0.25, 0.3) is 100 Å². The highest BCUT2D eigenvalue weighted by Gasteiger charge is 2.51. The van der Waals surface area contributed by atoms with Gasteiger partial charge in [0.2, 0.25) is 0 Å². The molecule has 62 heavy (non-hydrogen) atoms. The van der Waals surface area contributed by atoms with E-state index in [1.54, 1.807) is 0 Å². The first-order valence-electron chi connectivity index (χ1n) is 21.2. The number of benzene rings is 9. The van der Waals surface area contributed by atoms with Gasteiger partial charge in [0.25, 0.3) is 0 Å². The molecule has 0 bridgehead atoms. The predicted molar refractivity (Wildman–Crippen MR) is 253 cm³/mol. The third-order valence-electron chi connectivity index (χ3n) is 13.1. The fourth-order valence-corrected chi connectivity index (χ4v) is 10.4. The molecule has 2 aliphatic carbocycles. The molecular weight excluding hydrogens is 753 g/mol. The fourth-order valence-electron chi connectivity index (χ4n) is 10.4. The number of nitrogens with zero attached hydrogens (tertiary/aromatic N) is 2. The topological polar surface area (TPSA) is 38.9 Å². The Labute approximate surface area is 359 Å². The summed E-state index contributed by atoms with van der Waals surface area (Å²) in [6.07, 6.45) is 0. The van der Waals surface area contributed by atoms with Gasteiger partial charge in [0.1, 0.15) is 11.2 Å². The Morgan fingerprint density at radius 1 is 0.306 bits per heavy atom. The first-order chi connectivity index (χ1) is 30.7. The monoisotopic (exact) mass is 788 g/mol. The summed E-state index contributed by atoms with van der Waals surface area (Å²) >= 11 is 0. The predicted octanol–water partition coefficient (Wildman–Crippen LogP) is 15.1. The van der Waals surface area contributed by atoms with Gasteiger partial charge in [-0.05, 0) is 85.5 Å². The van der Waals surface area contributed by atoms with Gasteiger partial charge >= 0.3 is 0 Å². The van der Waals surface area contributed by atoms with Crippen LogP contribution >= 0.6 is 0 Å². The molecule has 13 rings (SSSR count). The quantitative estimate of drug-likeness (QED) is 0.174. The number of fused-ring (bicyclic) bond motifs is 13. The molecule has 3 nitrogen and oxygen atoms in total. The summed E-state index contributed by atoms with van der Waals surface area (Å²) in [6, 6.07) is 78.5. The van der Waals surface area contributed by atoms with Gasteiger partial charge in [-0.3, -0.25) is 0 Å². The molecular formula is C59H36N2O. The number of furan rings is 1. The molecule has 0 fully saturated rings. The molecule has 1 spiro atoms. The van der Waals surface area contributed by atoms with E-state index in [1.165, 1.54) is 44.5 Å². The molecule has 0 amide bonds. The number of rotatable bonds is 5. The van der Waals surface area contributed by atoms with Crippen LogP contribution in [-0.2, 0) is 5.41 Å². The molecule has 0 radical (unpaired) electrons. The van der Waals surface area contributed by atoms with Crippen LogP contribution in [0.2, 0.25) is 0 Å². The summed E-state index contributed by atoms with van der Waals surface area (Å²) in [5, 5.41) is 2.23.